The fraction of sp³-hybridized carbons (Fsp3) is 0.200. The number of aromatic nitrogens is 2. The summed E-state index contributed by atoms with van der Waals surface area (Å²) in [6, 6.07) is 3.77. The van der Waals surface area contributed by atoms with E-state index in [0.29, 0.717) is 0 Å². The summed E-state index contributed by atoms with van der Waals surface area (Å²) in [6.07, 6.45) is 1.68. The van der Waals surface area contributed by atoms with E-state index in [1.807, 2.05) is 24.6 Å². The van der Waals surface area contributed by atoms with Crippen molar-refractivity contribution in [1.82, 2.24) is 9.55 Å². The van der Waals surface area contributed by atoms with E-state index in [-0.39, 0.29) is 5.84 Å². The highest BCUT2D eigenvalue weighted by molar-refractivity contribution is 6.06. The van der Waals surface area contributed by atoms with E-state index >= 15 is 0 Å². The Labute approximate surface area is 81.9 Å². The number of nitrogen functional groups attached to an aromatic ring is 1. The Kier molecular flexibility index (Phi) is 1.77. The molecule has 0 atom stereocenters. The largest absolute Gasteiger partial charge is 0.384 e. The predicted octanol–water partition coefficient (Wildman–Crippen LogP) is 1.17. The lowest BCUT2D eigenvalue weighted by Gasteiger charge is -2.00. The topological polar surface area (TPSA) is 67.7 Å². The van der Waals surface area contributed by atoms with Crippen LogP contribution >= 0.6 is 0 Å². The SMILES string of the molecule is Cc1cc2c(C(=N)N)ccnc2n1C. The molecule has 2 heterocycles. The van der Waals surface area contributed by atoms with Gasteiger partial charge in [-0.05, 0) is 19.1 Å². The zero-order valence-corrected chi connectivity index (χ0v) is 8.20. The molecule has 72 valence electrons. The Bertz CT molecular complexity index is 510. The highest BCUT2D eigenvalue weighted by Crippen LogP contribution is 2.19. The van der Waals surface area contributed by atoms with Crippen LogP contribution in [0.3, 0.4) is 0 Å². The summed E-state index contributed by atoms with van der Waals surface area (Å²) in [4.78, 5) is 4.26. The van der Waals surface area contributed by atoms with Crippen LogP contribution < -0.4 is 5.73 Å². The number of nitrogens with one attached hydrogen (secondary N) is 1. The highest BCUT2D eigenvalue weighted by atomic mass is 15.0. The molecule has 2 aromatic rings. The summed E-state index contributed by atoms with van der Waals surface area (Å²) >= 11 is 0. The quantitative estimate of drug-likeness (QED) is 0.521. The fourth-order valence-corrected chi connectivity index (χ4v) is 1.58. The van der Waals surface area contributed by atoms with Crippen LogP contribution in [-0.4, -0.2) is 15.4 Å². The van der Waals surface area contributed by atoms with E-state index in [4.69, 9.17) is 11.1 Å². The molecule has 0 aromatic carbocycles. The third-order valence-electron chi connectivity index (χ3n) is 2.46. The highest BCUT2D eigenvalue weighted by Gasteiger charge is 2.08. The standard InChI is InChI=1S/C10H12N4/c1-6-5-8-7(9(11)12)3-4-13-10(8)14(6)2/h3-5H,1-2H3,(H3,11,12). The van der Waals surface area contributed by atoms with Crippen LogP contribution in [0.1, 0.15) is 11.3 Å². The molecule has 0 bridgehead atoms. The van der Waals surface area contributed by atoms with Crippen molar-refractivity contribution in [2.24, 2.45) is 12.8 Å². The number of hydrogen-bond acceptors (Lipinski definition) is 2. The molecule has 14 heavy (non-hydrogen) atoms. The first kappa shape index (κ1) is 8.74. The van der Waals surface area contributed by atoms with Crippen molar-refractivity contribution in [3.63, 3.8) is 0 Å². The predicted molar refractivity (Wildman–Crippen MR) is 56.5 cm³/mol. The molecule has 4 nitrogen and oxygen atoms in total. The molecule has 0 aliphatic rings. The van der Waals surface area contributed by atoms with E-state index in [0.717, 1.165) is 22.3 Å². The van der Waals surface area contributed by atoms with Gasteiger partial charge in [-0.2, -0.15) is 0 Å². The molecule has 0 saturated carbocycles. The van der Waals surface area contributed by atoms with E-state index < -0.39 is 0 Å². The van der Waals surface area contributed by atoms with Gasteiger partial charge < -0.3 is 10.3 Å². The van der Waals surface area contributed by atoms with Crippen molar-refractivity contribution in [3.8, 4) is 0 Å². The second kappa shape index (κ2) is 2.83. The van der Waals surface area contributed by atoms with E-state index in [1.54, 1.807) is 12.3 Å². The molecule has 0 amide bonds. The Morgan fingerprint density at radius 1 is 1.57 bits per heavy atom. The second-order valence-corrected chi connectivity index (χ2v) is 3.35. The van der Waals surface area contributed by atoms with Crippen LogP contribution in [0.2, 0.25) is 0 Å². The van der Waals surface area contributed by atoms with Gasteiger partial charge in [-0.25, -0.2) is 4.98 Å². The molecule has 2 rings (SSSR count). The molecule has 0 saturated heterocycles. The van der Waals surface area contributed by atoms with Gasteiger partial charge in [-0.1, -0.05) is 0 Å². The molecule has 0 radical (unpaired) electrons. The average molecular weight is 188 g/mol. The Morgan fingerprint density at radius 2 is 2.29 bits per heavy atom. The molecular formula is C10H12N4. The Balaban J connectivity index is 2.88. The molecule has 0 fully saturated rings. The van der Waals surface area contributed by atoms with E-state index in [9.17, 15) is 0 Å². The number of hydrogen-bond donors (Lipinski definition) is 2. The van der Waals surface area contributed by atoms with Gasteiger partial charge in [-0.15, -0.1) is 0 Å². The minimum Gasteiger partial charge on any atom is -0.384 e. The molecule has 0 spiro atoms. The van der Waals surface area contributed by atoms with Crippen LogP contribution in [0.4, 0.5) is 0 Å². The van der Waals surface area contributed by atoms with Gasteiger partial charge in [0.05, 0.1) is 0 Å². The fourth-order valence-electron chi connectivity index (χ4n) is 1.58. The molecule has 4 heteroatoms. The normalized spacial score (nSPS) is 10.7. The smallest absolute Gasteiger partial charge is 0.140 e. The number of fused-ring (bicyclic) bond motifs is 1. The lowest BCUT2D eigenvalue weighted by molar-refractivity contribution is 0.902. The molecule has 3 N–H and O–H groups in total. The molecule has 2 aromatic heterocycles. The zero-order valence-electron chi connectivity index (χ0n) is 8.20. The first-order valence-electron chi connectivity index (χ1n) is 4.36. The molecular weight excluding hydrogens is 176 g/mol. The number of rotatable bonds is 1. The third kappa shape index (κ3) is 1.08. The van der Waals surface area contributed by atoms with Crippen LogP contribution in [0, 0.1) is 12.3 Å². The van der Waals surface area contributed by atoms with Crippen LogP contribution in [0.15, 0.2) is 18.3 Å². The van der Waals surface area contributed by atoms with Crippen molar-refractivity contribution < 1.29 is 0 Å². The van der Waals surface area contributed by atoms with Gasteiger partial charge in [-0.3, -0.25) is 5.41 Å². The summed E-state index contributed by atoms with van der Waals surface area (Å²) < 4.78 is 1.99. The maximum absolute atomic E-state index is 7.44. The molecule has 0 aliphatic carbocycles. The summed E-state index contributed by atoms with van der Waals surface area (Å²) in [5.41, 5.74) is 8.22. The van der Waals surface area contributed by atoms with Crippen LogP contribution in [0.5, 0.6) is 0 Å². The van der Waals surface area contributed by atoms with E-state index in [1.165, 1.54) is 0 Å². The second-order valence-electron chi connectivity index (χ2n) is 3.35. The van der Waals surface area contributed by atoms with E-state index in [2.05, 4.69) is 4.98 Å². The van der Waals surface area contributed by atoms with Gasteiger partial charge in [0.2, 0.25) is 0 Å². The summed E-state index contributed by atoms with van der Waals surface area (Å²) in [7, 11) is 1.95. The van der Waals surface area contributed by atoms with Gasteiger partial charge >= 0.3 is 0 Å². The number of pyridine rings is 1. The van der Waals surface area contributed by atoms with Crippen LogP contribution in [-0.2, 0) is 7.05 Å². The van der Waals surface area contributed by atoms with Gasteiger partial charge in [0, 0.05) is 29.9 Å². The Morgan fingerprint density at radius 3 is 2.93 bits per heavy atom. The first-order chi connectivity index (χ1) is 6.61. The molecule has 0 aliphatic heterocycles. The number of nitrogens with two attached hydrogens (primary N) is 1. The summed E-state index contributed by atoms with van der Waals surface area (Å²) in [5, 5.41) is 8.38. The Hall–Kier alpha value is -1.84. The monoisotopic (exact) mass is 188 g/mol. The lowest BCUT2D eigenvalue weighted by Crippen LogP contribution is -2.11. The summed E-state index contributed by atoms with van der Waals surface area (Å²) in [5.74, 6) is 0.0861. The van der Waals surface area contributed by atoms with Gasteiger partial charge in [0.15, 0.2) is 0 Å². The third-order valence-corrected chi connectivity index (χ3v) is 2.46. The average Bonchev–Trinajstić information content (AvgIpc) is 2.43. The first-order valence-corrected chi connectivity index (χ1v) is 4.36. The molecule has 0 unspecified atom stereocenters. The van der Waals surface area contributed by atoms with Gasteiger partial charge in [0.25, 0.3) is 0 Å². The van der Waals surface area contributed by atoms with Gasteiger partial charge in [0.1, 0.15) is 11.5 Å². The minimum absolute atomic E-state index is 0.0861. The van der Waals surface area contributed by atoms with Crippen molar-refractivity contribution >= 4 is 16.9 Å². The maximum Gasteiger partial charge on any atom is 0.140 e. The van der Waals surface area contributed by atoms with Crippen molar-refractivity contribution in [2.45, 2.75) is 6.92 Å². The lowest BCUT2D eigenvalue weighted by atomic mass is 10.1. The maximum atomic E-state index is 7.44. The van der Waals surface area contributed by atoms with Crippen molar-refractivity contribution in [3.05, 3.63) is 29.6 Å². The minimum atomic E-state index is 0.0861. The van der Waals surface area contributed by atoms with Crippen molar-refractivity contribution in [1.29, 1.82) is 5.41 Å². The van der Waals surface area contributed by atoms with Crippen molar-refractivity contribution in [2.75, 3.05) is 0 Å². The number of aryl methyl sites for hydroxylation is 2. The zero-order chi connectivity index (χ0) is 10.3. The number of nitrogens with zero attached hydrogens (tertiary/aromatic N) is 2. The number of amidine groups is 1. The van der Waals surface area contributed by atoms with Crippen LogP contribution in [0.25, 0.3) is 11.0 Å². The summed E-state index contributed by atoms with van der Waals surface area (Å²) in [6.45, 7) is 2.01.